The maximum Gasteiger partial charge on any atom is 0.273 e. The van der Waals surface area contributed by atoms with Crippen molar-refractivity contribution < 1.29 is 19.7 Å². The van der Waals surface area contributed by atoms with Crippen LogP contribution in [0.4, 0.5) is 0 Å². The molecular formula is C26H22ClN3O4. The van der Waals surface area contributed by atoms with Crippen molar-refractivity contribution in [3.63, 3.8) is 0 Å². The maximum atomic E-state index is 13.5. The summed E-state index contributed by atoms with van der Waals surface area (Å²) < 4.78 is 5.60. The van der Waals surface area contributed by atoms with Crippen molar-refractivity contribution >= 4 is 17.5 Å². The molecule has 7 nitrogen and oxygen atoms in total. The van der Waals surface area contributed by atoms with Crippen LogP contribution in [-0.4, -0.2) is 37.8 Å². The monoisotopic (exact) mass is 475 g/mol. The molecule has 0 fully saturated rings. The molecule has 0 saturated carbocycles. The number of halogens is 1. The van der Waals surface area contributed by atoms with Gasteiger partial charge in [-0.2, -0.15) is 5.10 Å². The van der Waals surface area contributed by atoms with Crippen molar-refractivity contribution in [2.24, 2.45) is 0 Å². The summed E-state index contributed by atoms with van der Waals surface area (Å²) in [5.74, 6) is 0.142. The number of fused-ring (bicyclic) bond motifs is 1. The fourth-order valence-electron chi connectivity index (χ4n) is 4.36. The Balaban J connectivity index is 1.69. The predicted molar refractivity (Wildman–Crippen MR) is 128 cm³/mol. The first-order chi connectivity index (χ1) is 16.5. The van der Waals surface area contributed by atoms with Crippen molar-refractivity contribution in [3.8, 4) is 28.5 Å². The smallest absolute Gasteiger partial charge is 0.273 e. The van der Waals surface area contributed by atoms with Gasteiger partial charge in [-0.15, -0.1) is 0 Å². The van der Waals surface area contributed by atoms with Gasteiger partial charge in [0.05, 0.1) is 12.6 Å². The second-order valence-corrected chi connectivity index (χ2v) is 8.44. The Hall–Kier alpha value is -3.97. The molecule has 3 aromatic carbocycles. The Morgan fingerprint density at radius 3 is 2.59 bits per heavy atom. The van der Waals surface area contributed by atoms with Crippen LogP contribution in [0.1, 0.15) is 40.1 Å². The number of nitrogens with zero attached hydrogens (tertiary/aromatic N) is 2. The number of carbonyl (C=O) groups is 1. The van der Waals surface area contributed by atoms with E-state index in [1.807, 2.05) is 37.3 Å². The van der Waals surface area contributed by atoms with Gasteiger partial charge in [-0.3, -0.25) is 9.89 Å². The van der Waals surface area contributed by atoms with E-state index in [4.69, 9.17) is 16.3 Å². The van der Waals surface area contributed by atoms with E-state index in [9.17, 15) is 15.0 Å². The number of hydrogen-bond acceptors (Lipinski definition) is 5. The molecule has 1 unspecified atom stereocenters. The number of ether oxygens (including phenoxy) is 1. The van der Waals surface area contributed by atoms with Gasteiger partial charge in [0, 0.05) is 22.7 Å². The Bertz CT molecular complexity index is 1370. The highest BCUT2D eigenvalue weighted by molar-refractivity contribution is 6.31. The van der Waals surface area contributed by atoms with Crippen molar-refractivity contribution in [2.45, 2.75) is 19.5 Å². The number of nitrogens with one attached hydrogen (secondary N) is 1. The summed E-state index contributed by atoms with van der Waals surface area (Å²) in [6.07, 6.45) is 0. The molecule has 0 aliphatic carbocycles. The van der Waals surface area contributed by atoms with Gasteiger partial charge < -0.3 is 19.8 Å². The number of phenols is 2. The van der Waals surface area contributed by atoms with Gasteiger partial charge in [0.1, 0.15) is 17.1 Å². The van der Waals surface area contributed by atoms with Gasteiger partial charge in [-0.05, 0) is 48.4 Å². The molecular weight excluding hydrogens is 454 g/mol. The minimum Gasteiger partial charge on any atom is -0.507 e. The zero-order chi connectivity index (χ0) is 23.8. The Morgan fingerprint density at radius 1 is 1.06 bits per heavy atom. The molecule has 0 bridgehead atoms. The van der Waals surface area contributed by atoms with Crippen LogP contribution in [-0.2, 0) is 6.54 Å². The first kappa shape index (κ1) is 21.9. The van der Waals surface area contributed by atoms with Gasteiger partial charge in [0.15, 0.2) is 11.5 Å². The third kappa shape index (κ3) is 3.74. The highest BCUT2D eigenvalue weighted by Crippen LogP contribution is 2.46. The van der Waals surface area contributed by atoms with E-state index in [1.165, 1.54) is 6.07 Å². The molecule has 4 aromatic rings. The number of carbonyl (C=O) groups excluding carboxylic acids is 1. The van der Waals surface area contributed by atoms with E-state index in [1.54, 1.807) is 35.2 Å². The molecule has 0 saturated heterocycles. The SMILES string of the molecule is CCOc1cc(C2c3c(-c4cc(Cl)ccc4O)n[nH]c3C(=O)N2Cc2ccccc2)ccc1O. The number of aromatic amines is 1. The quantitative estimate of drug-likeness (QED) is 0.352. The van der Waals surface area contributed by atoms with Crippen LogP contribution in [0.2, 0.25) is 5.02 Å². The molecule has 1 amide bonds. The average molecular weight is 476 g/mol. The number of aromatic hydroxyl groups is 2. The summed E-state index contributed by atoms with van der Waals surface area (Å²) in [6, 6.07) is 18.9. The van der Waals surface area contributed by atoms with Crippen molar-refractivity contribution in [1.29, 1.82) is 0 Å². The molecule has 34 heavy (non-hydrogen) atoms. The standard InChI is InChI=1S/C26H22ClN3O4/c1-2-34-21-12-16(8-10-20(21)32)25-22-23(18-13-17(27)9-11-19(18)31)28-29-24(22)26(33)30(25)14-15-6-4-3-5-7-15/h3-13,25,31-32H,2,14H2,1H3,(H,28,29). The molecule has 3 N–H and O–H groups in total. The number of amides is 1. The largest absolute Gasteiger partial charge is 0.507 e. The van der Waals surface area contributed by atoms with Crippen LogP contribution in [0.25, 0.3) is 11.3 Å². The van der Waals surface area contributed by atoms with Crippen LogP contribution in [0.3, 0.4) is 0 Å². The molecule has 5 rings (SSSR count). The average Bonchev–Trinajstić information content (AvgIpc) is 3.37. The number of H-pyrrole nitrogens is 1. The second kappa shape index (κ2) is 8.76. The molecule has 172 valence electrons. The summed E-state index contributed by atoms with van der Waals surface area (Å²) in [5, 5.41) is 28.5. The van der Waals surface area contributed by atoms with E-state index >= 15 is 0 Å². The topological polar surface area (TPSA) is 98.7 Å². The molecule has 1 aromatic heterocycles. The Kier molecular flexibility index (Phi) is 5.63. The van der Waals surface area contributed by atoms with Crippen molar-refractivity contribution in [1.82, 2.24) is 15.1 Å². The van der Waals surface area contributed by atoms with E-state index in [0.717, 1.165) is 11.1 Å². The van der Waals surface area contributed by atoms with Gasteiger partial charge >= 0.3 is 0 Å². The maximum absolute atomic E-state index is 13.5. The number of aromatic nitrogens is 2. The molecule has 1 atom stereocenters. The molecule has 1 aliphatic rings. The summed E-state index contributed by atoms with van der Waals surface area (Å²) in [4.78, 5) is 15.3. The number of phenolic OH excluding ortho intramolecular Hbond substituents is 2. The van der Waals surface area contributed by atoms with Crippen molar-refractivity contribution in [2.75, 3.05) is 6.61 Å². The minimum atomic E-state index is -0.533. The first-order valence-corrected chi connectivity index (χ1v) is 11.2. The van der Waals surface area contributed by atoms with Crippen LogP contribution in [0.15, 0.2) is 66.7 Å². The van der Waals surface area contributed by atoms with Crippen molar-refractivity contribution in [3.05, 3.63) is 94.1 Å². The summed E-state index contributed by atoms with van der Waals surface area (Å²) >= 11 is 6.20. The van der Waals surface area contributed by atoms with Crippen LogP contribution >= 0.6 is 11.6 Å². The normalized spacial score (nSPS) is 14.9. The molecule has 0 radical (unpaired) electrons. The molecule has 2 heterocycles. The first-order valence-electron chi connectivity index (χ1n) is 10.9. The van der Waals surface area contributed by atoms with Crippen LogP contribution < -0.4 is 4.74 Å². The Labute approximate surface area is 201 Å². The van der Waals surface area contributed by atoms with Gasteiger partial charge in [-0.25, -0.2) is 0 Å². The number of hydrogen-bond donors (Lipinski definition) is 3. The van der Waals surface area contributed by atoms with Gasteiger partial charge in [0.2, 0.25) is 0 Å². The summed E-state index contributed by atoms with van der Waals surface area (Å²) in [6.45, 7) is 2.58. The summed E-state index contributed by atoms with van der Waals surface area (Å²) in [5.41, 5.74) is 3.56. The molecule has 1 aliphatic heterocycles. The lowest BCUT2D eigenvalue weighted by Crippen LogP contribution is -2.29. The van der Waals surface area contributed by atoms with Crippen LogP contribution in [0, 0.1) is 0 Å². The molecule has 8 heteroatoms. The zero-order valence-electron chi connectivity index (χ0n) is 18.3. The second-order valence-electron chi connectivity index (χ2n) is 8.00. The third-order valence-corrected chi connectivity index (χ3v) is 6.11. The number of rotatable bonds is 6. The fourth-order valence-corrected chi connectivity index (χ4v) is 4.53. The van der Waals surface area contributed by atoms with E-state index in [2.05, 4.69) is 10.2 Å². The number of benzene rings is 3. The summed E-state index contributed by atoms with van der Waals surface area (Å²) in [7, 11) is 0. The zero-order valence-corrected chi connectivity index (χ0v) is 19.1. The highest BCUT2D eigenvalue weighted by Gasteiger charge is 2.42. The Morgan fingerprint density at radius 2 is 1.82 bits per heavy atom. The highest BCUT2D eigenvalue weighted by atomic mass is 35.5. The lowest BCUT2D eigenvalue weighted by atomic mass is 9.95. The van der Waals surface area contributed by atoms with E-state index < -0.39 is 6.04 Å². The minimum absolute atomic E-state index is 0.00659. The molecule has 0 spiro atoms. The fraction of sp³-hybridized carbons (Fsp3) is 0.154. The predicted octanol–water partition coefficient (Wildman–Crippen LogP) is 5.29. The van der Waals surface area contributed by atoms with E-state index in [0.29, 0.717) is 46.4 Å². The van der Waals surface area contributed by atoms with Gasteiger partial charge in [-0.1, -0.05) is 48.0 Å². The lowest BCUT2D eigenvalue weighted by Gasteiger charge is -2.27. The van der Waals surface area contributed by atoms with Gasteiger partial charge in [0.25, 0.3) is 5.91 Å². The third-order valence-electron chi connectivity index (χ3n) is 5.87. The van der Waals surface area contributed by atoms with E-state index in [-0.39, 0.29) is 17.4 Å². The lowest BCUT2D eigenvalue weighted by molar-refractivity contribution is 0.0730. The van der Waals surface area contributed by atoms with Crippen LogP contribution in [0.5, 0.6) is 17.2 Å².